The van der Waals surface area contributed by atoms with Gasteiger partial charge in [-0.15, -0.1) is 6.58 Å². The van der Waals surface area contributed by atoms with Crippen molar-refractivity contribution in [3.8, 4) is 0 Å². The van der Waals surface area contributed by atoms with Crippen molar-refractivity contribution in [2.24, 2.45) is 74.9 Å². The molecule has 0 radical (unpaired) electrons. The van der Waals surface area contributed by atoms with Gasteiger partial charge in [-0.3, -0.25) is 0 Å². The smallest absolute Gasteiger partial charge is 0.174 e. The number of allylic oxidation sites excluding steroid dienone is 1. The number of hydrogen-bond donors (Lipinski definition) is 0. The Morgan fingerprint density at radius 2 is 0.831 bits per heavy atom. The van der Waals surface area contributed by atoms with Gasteiger partial charge in [0.05, 0.1) is 52.9 Å². The minimum absolute atomic E-state index is 0. The number of hydrogen-bond acceptors (Lipinski definition) is 8. The van der Waals surface area contributed by atoms with E-state index in [1.54, 1.807) is 0 Å². The standard InChI is InChI=1S/C25H38O4.C24H36O4.2CH4/c1-22-8-6-21-19(20(22)7-9-25(22)28-14-15-29-25)5-4-18-16-23(26-12-13-27-23)10-11-24(18,21)17-2-3-17;1-3-22-10-11-23(25-12-13-26-23)16-17(22)4-5-18-19-7-9-24(27-14-15-28-24)21(19,2)8-6-20(18)22;;/h17-21H,2-16H2,1H3;3,17-20H,1,4-16H2,2H3;2*1H4/t18-,19+,20+,21+,22+,24-;17-,18+,19+,20+,21+,22+;;/m11../s1. The molecule has 8 heteroatoms. The Labute approximate surface area is 357 Å². The zero-order valence-electron chi connectivity index (χ0n) is 35.5. The Hall–Kier alpha value is -0.580. The van der Waals surface area contributed by atoms with E-state index in [9.17, 15) is 0 Å². The van der Waals surface area contributed by atoms with Crippen LogP contribution in [0.25, 0.3) is 0 Å². The predicted octanol–water partition coefficient (Wildman–Crippen LogP) is 10.9. The Morgan fingerprint density at radius 1 is 0.407 bits per heavy atom. The molecular weight excluding hydrogens is 741 g/mol. The van der Waals surface area contributed by atoms with Gasteiger partial charge in [-0.25, -0.2) is 0 Å². The molecule has 0 amide bonds. The summed E-state index contributed by atoms with van der Waals surface area (Å²) in [6, 6.07) is 0. The number of fused-ring (bicyclic) bond motifs is 12. The molecule has 4 heterocycles. The Bertz CT molecular complexity index is 1550. The Kier molecular flexibility index (Phi) is 10.6. The molecule has 0 aromatic carbocycles. The molecule has 13 fully saturated rings. The molecule has 0 aromatic rings. The third-order valence-corrected chi connectivity index (χ3v) is 21.4. The monoisotopic (exact) mass is 823 g/mol. The van der Waals surface area contributed by atoms with Crippen molar-refractivity contribution in [1.82, 2.24) is 0 Å². The molecule has 12 atom stereocenters. The van der Waals surface area contributed by atoms with Crippen LogP contribution in [0.2, 0.25) is 0 Å². The lowest BCUT2D eigenvalue weighted by Gasteiger charge is -2.63. The van der Waals surface area contributed by atoms with Gasteiger partial charge in [0.25, 0.3) is 0 Å². The molecular formula is C51H82O8. The van der Waals surface area contributed by atoms with E-state index in [0.717, 1.165) is 132 Å². The highest BCUT2D eigenvalue weighted by molar-refractivity contribution is 5.19. The molecule has 0 bridgehead atoms. The molecule has 4 spiro atoms. The summed E-state index contributed by atoms with van der Waals surface area (Å²) >= 11 is 0. The van der Waals surface area contributed by atoms with Crippen LogP contribution in [0, 0.1) is 74.9 Å². The Morgan fingerprint density at radius 3 is 1.36 bits per heavy atom. The second-order valence-electron chi connectivity index (χ2n) is 22.5. The molecule has 0 unspecified atom stereocenters. The summed E-state index contributed by atoms with van der Waals surface area (Å²) in [5.74, 6) is 6.31. The summed E-state index contributed by atoms with van der Waals surface area (Å²) in [4.78, 5) is 0. The van der Waals surface area contributed by atoms with Crippen LogP contribution in [-0.2, 0) is 37.9 Å². The summed E-state index contributed by atoms with van der Waals surface area (Å²) in [5.41, 5.74) is 1.28. The van der Waals surface area contributed by atoms with E-state index in [2.05, 4.69) is 26.5 Å². The maximum Gasteiger partial charge on any atom is 0.174 e. The van der Waals surface area contributed by atoms with Gasteiger partial charge in [-0.2, -0.15) is 0 Å². The van der Waals surface area contributed by atoms with Crippen molar-refractivity contribution < 1.29 is 37.9 Å². The maximum absolute atomic E-state index is 6.35. The summed E-state index contributed by atoms with van der Waals surface area (Å²) < 4.78 is 49.9. The first-order chi connectivity index (χ1) is 27.7. The molecule has 0 aromatic heterocycles. The van der Waals surface area contributed by atoms with Crippen LogP contribution in [0.5, 0.6) is 0 Å². The van der Waals surface area contributed by atoms with E-state index in [1.165, 1.54) is 96.3 Å². The van der Waals surface area contributed by atoms with Gasteiger partial charge in [0.1, 0.15) is 0 Å². The van der Waals surface area contributed by atoms with Crippen molar-refractivity contribution in [2.45, 2.75) is 180 Å². The first kappa shape index (κ1) is 42.4. The first-order valence-electron chi connectivity index (χ1n) is 24.4. The van der Waals surface area contributed by atoms with Crippen LogP contribution in [0.15, 0.2) is 12.7 Å². The van der Waals surface area contributed by atoms with Crippen LogP contribution < -0.4 is 0 Å². The van der Waals surface area contributed by atoms with Gasteiger partial charge in [-0.1, -0.05) is 34.8 Å². The molecule has 59 heavy (non-hydrogen) atoms. The van der Waals surface area contributed by atoms with Gasteiger partial charge < -0.3 is 37.9 Å². The average molecular weight is 823 g/mol. The zero-order valence-corrected chi connectivity index (χ0v) is 35.5. The highest BCUT2D eigenvalue weighted by Crippen LogP contribution is 2.75. The second kappa shape index (κ2) is 14.7. The summed E-state index contributed by atoms with van der Waals surface area (Å²) in [5, 5.41) is 0. The molecule has 13 aliphatic rings. The highest BCUT2D eigenvalue weighted by Gasteiger charge is 2.71. The molecule has 13 rings (SSSR count). The van der Waals surface area contributed by atoms with Crippen LogP contribution in [-0.4, -0.2) is 76.0 Å². The van der Waals surface area contributed by atoms with Crippen molar-refractivity contribution >= 4 is 0 Å². The van der Waals surface area contributed by atoms with E-state index in [0.29, 0.717) is 11.3 Å². The third-order valence-electron chi connectivity index (χ3n) is 21.4. The fourth-order valence-electron chi connectivity index (χ4n) is 18.9. The molecule has 8 nitrogen and oxygen atoms in total. The molecule has 0 N–H and O–H groups in total. The second-order valence-corrected chi connectivity index (χ2v) is 22.5. The maximum atomic E-state index is 6.35. The van der Waals surface area contributed by atoms with Crippen LogP contribution >= 0.6 is 0 Å². The zero-order chi connectivity index (χ0) is 38.4. The van der Waals surface area contributed by atoms with Gasteiger partial charge in [-0.05, 0) is 154 Å². The highest BCUT2D eigenvalue weighted by atomic mass is 16.8. The molecule has 4 aliphatic heterocycles. The van der Waals surface area contributed by atoms with E-state index < -0.39 is 0 Å². The third kappa shape index (κ3) is 5.73. The molecule has 4 saturated heterocycles. The van der Waals surface area contributed by atoms with Crippen molar-refractivity contribution in [3.63, 3.8) is 0 Å². The Balaban J connectivity index is 0.000000138. The fraction of sp³-hybridized carbons (Fsp3) is 0.961. The van der Waals surface area contributed by atoms with Crippen molar-refractivity contribution in [2.75, 3.05) is 52.9 Å². The number of ether oxygens (including phenoxy) is 8. The quantitative estimate of drug-likeness (QED) is 0.255. The summed E-state index contributed by atoms with van der Waals surface area (Å²) in [6.07, 6.45) is 27.8. The van der Waals surface area contributed by atoms with Crippen LogP contribution in [0.4, 0.5) is 0 Å². The lowest BCUT2D eigenvalue weighted by atomic mass is 9.43. The van der Waals surface area contributed by atoms with Crippen molar-refractivity contribution in [1.29, 1.82) is 0 Å². The summed E-state index contributed by atoms with van der Waals surface area (Å²) in [7, 11) is 0. The fourth-order valence-corrected chi connectivity index (χ4v) is 18.9. The van der Waals surface area contributed by atoms with Crippen LogP contribution in [0.3, 0.4) is 0 Å². The van der Waals surface area contributed by atoms with E-state index in [4.69, 9.17) is 37.9 Å². The lowest BCUT2D eigenvalue weighted by Crippen LogP contribution is -2.60. The number of rotatable bonds is 2. The van der Waals surface area contributed by atoms with Gasteiger partial charge >= 0.3 is 0 Å². The molecule has 9 saturated carbocycles. The van der Waals surface area contributed by atoms with Gasteiger partial charge in [0.2, 0.25) is 0 Å². The van der Waals surface area contributed by atoms with Crippen molar-refractivity contribution in [3.05, 3.63) is 12.7 Å². The molecule has 334 valence electrons. The average Bonchev–Trinajstić information content (AvgIpc) is 3.82. The van der Waals surface area contributed by atoms with Gasteiger partial charge in [0, 0.05) is 49.4 Å². The SMILES string of the molecule is C.C.C=C[C@]12CCC3(C[C@H]1CC[C@@H]1[C@@H]2CC[C@@]2(C)[C@H]1CCC21OCCO1)OCCO3.C[C@]12CC[C@H]3[C@@H](CC[C@@H]4CC5(CC[C@@]43C3CC3)OCCO5)[C@@H]1CCC21OCCO1. The predicted molar refractivity (Wildman–Crippen MR) is 227 cm³/mol. The largest absolute Gasteiger partial charge is 0.348 e. The van der Waals surface area contributed by atoms with E-state index >= 15 is 0 Å². The minimum atomic E-state index is -0.289. The summed E-state index contributed by atoms with van der Waals surface area (Å²) in [6.45, 7) is 15.7. The molecule has 9 aliphatic carbocycles. The first-order valence-corrected chi connectivity index (χ1v) is 24.4. The van der Waals surface area contributed by atoms with E-state index in [-0.39, 0.29) is 54.2 Å². The topological polar surface area (TPSA) is 73.8 Å². The van der Waals surface area contributed by atoms with E-state index in [1.807, 2.05) is 0 Å². The van der Waals surface area contributed by atoms with Crippen LogP contribution in [0.1, 0.15) is 157 Å². The minimum Gasteiger partial charge on any atom is -0.348 e. The normalized spacial score (nSPS) is 50.0. The lowest BCUT2D eigenvalue weighted by molar-refractivity contribution is -0.262. The van der Waals surface area contributed by atoms with Gasteiger partial charge in [0.15, 0.2) is 23.1 Å².